The Morgan fingerprint density at radius 1 is 1.50 bits per heavy atom. The predicted octanol–water partition coefficient (Wildman–Crippen LogP) is 1.97. The molecule has 0 rings (SSSR count). The zero-order chi connectivity index (χ0) is 6.41. The molecule has 0 aliphatic rings. The van der Waals surface area contributed by atoms with Gasteiger partial charge >= 0.3 is 5.78 Å². The van der Waals surface area contributed by atoms with Crippen molar-refractivity contribution in [3.63, 3.8) is 0 Å². The summed E-state index contributed by atoms with van der Waals surface area (Å²) in [6, 6.07) is 0. The molecule has 1 nitrogen and oxygen atoms in total. The summed E-state index contributed by atoms with van der Waals surface area (Å²) < 4.78 is 0. The van der Waals surface area contributed by atoms with Gasteiger partial charge < -0.3 is 0 Å². The summed E-state index contributed by atoms with van der Waals surface area (Å²) in [5, 5.41) is 0. The van der Waals surface area contributed by atoms with Crippen molar-refractivity contribution in [1.82, 2.24) is 0 Å². The van der Waals surface area contributed by atoms with E-state index < -0.39 is 0 Å². The Hall–Kier alpha value is -0.460. The quantitative estimate of drug-likeness (QED) is 0.402. The van der Waals surface area contributed by atoms with Crippen molar-refractivity contribution in [2.45, 2.75) is 32.6 Å². The SMILES string of the molecule is [CH2+]C(=O)CCCCC. The molecule has 0 saturated heterocycles. The fraction of sp³-hybridized carbons (Fsp3) is 0.714. The Labute approximate surface area is 51.1 Å². The molecule has 0 aliphatic carbocycles. The molecule has 0 amide bonds. The molecule has 0 aromatic carbocycles. The summed E-state index contributed by atoms with van der Waals surface area (Å²) in [5.74, 6) is 0.0680. The monoisotopic (exact) mass is 113 g/mol. The summed E-state index contributed by atoms with van der Waals surface area (Å²) in [4.78, 5) is 10.2. The highest BCUT2D eigenvalue weighted by Gasteiger charge is 1.97. The highest BCUT2D eigenvalue weighted by atomic mass is 16.1. The lowest BCUT2D eigenvalue weighted by Gasteiger charge is -1.87. The van der Waals surface area contributed by atoms with Crippen LogP contribution < -0.4 is 0 Å². The lowest BCUT2D eigenvalue weighted by Crippen LogP contribution is -1.88. The highest BCUT2D eigenvalue weighted by molar-refractivity contribution is 5.82. The Bertz CT molecular complexity index is 66.8. The largest absolute Gasteiger partial charge is 0.303 e. The van der Waals surface area contributed by atoms with Gasteiger partial charge in [0, 0.05) is 0 Å². The summed E-state index contributed by atoms with van der Waals surface area (Å²) in [6.07, 6.45) is 4.00. The molecule has 0 aliphatic heterocycles. The Kier molecular flexibility index (Phi) is 4.42. The van der Waals surface area contributed by atoms with Crippen molar-refractivity contribution < 1.29 is 4.79 Å². The molecular formula is C7H13O+. The molecule has 0 saturated carbocycles. The van der Waals surface area contributed by atoms with Gasteiger partial charge in [-0.1, -0.05) is 19.8 Å². The van der Waals surface area contributed by atoms with Gasteiger partial charge in [-0.2, -0.15) is 0 Å². The maximum Gasteiger partial charge on any atom is 0.303 e. The molecule has 0 N–H and O–H groups in total. The van der Waals surface area contributed by atoms with E-state index in [1.807, 2.05) is 0 Å². The minimum atomic E-state index is 0.0680. The Morgan fingerprint density at radius 3 is 2.50 bits per heavy atom. The zero-order valence-corrected chi connectivity index (χ0v) is 5.44. The molecule has 0 fully saturated rings. The predicted molar refractivity (Wildman–Crippen MR) is 34.5 cm³/mol. The Balaban J connectivity index is 2.82. The Morgan fingerprint density at radius 2 is 2.12 bits per heavy atom. The fourth-order valence-corrected chi connectivity index (χ4v) is 0.572. The first-order valence-electron chi connectivity index (χ1n) is 3.12. The van der Waals surface area contributed by atoms with Gasteiger partial charge in [-0.15, -0.1) is 0 Å². The van der Waals surface area contributed by atoms with E-state index >= 15 is 0 Å². The van der Waals surface area contributed by atoms with E-state index in [-0.39, 0.29) is 5.78 Å². The van der Waals surface area contributed by atoms with Crippen LogP contribution in [0, 0.1) is 6.92 Å². The number of hydrogen-bond donors (Lipinski definition) is 0. The average molecular weight is 113 g/mol. The number of rotatable bonds is 4. The minimum Gasteiger partial charge on any atom is -0.244 e. The van der Waals surface area contributed by atoms with E-state index in [1.165, 1.54) is 6.42 Å². The van der Waals surface area contributed by atoms with Crippen LogP contribution in [0.4, 0.5) is 0 Å². The van der Waals surface area contributed by atoms with Crippen LogP contribution >= 0.6 is 0 Å². The number of Topliss-reactive ketones (excluding diaryl/α,β-unsaturated/α-hetero) is 1. The van der Waals surface area contributed by atoms with Gasteiger partial charge in [0.15, 0.2) is 0 Å². The smallest absolute Gasteiger partial charge is 0.244 e. The zero-order valence-electron chi connectivity index (χ0n) is 5.44. The van der Waals surface area contributed by atoms with Crippen LogP contribution in [0.5, 0.6) is 0 Å². The molecule has 1 heteroatoms. The maximum atomic E-state index is 10.2. The molecule has 0 aromatic heterocycles. The second-order valence-electron chi connectivity index (χ2n) is 2.00. The lowest BCUT2D eigenvalue weighted by atomic mass is 10.2. The van der Waals surface area contributed by atoms with Gasteiger partial charge in [-0.05, 0) is 6.42 Å². The lowest BCUT2D eigenvalue weighted by molar-refractivity contribution is -0.114. The molecule has 46 valence electrons. The van der Waals surface area contributed by atoms with E-state index in [0.717, 1.165) is 12.8 Å². The number of carbonyl (C=O) groups is 1. The molecule has 0 bridgehead atoms. The third kappa shape index (κ3) is 5.54. The molecule has 0 spiro atoms. The van der Waals surface area contributed by atoms with Gasteiger partial charge in [-0.3, -0.25) is 0 Å². The molecule has 0 aromatic rings. The van der Waals surface area contributed by atoms with Crippen LogP contribution in [0.25, 0.3) is 0 Å². The van der Waals surface area contributed by atoms with E-state index in [0.29, 0.717) is 6.42 Å². The first-order valence-corrected chi connectivity index (χ1v) is 3.12. The highest BCUT2D eigenvalue weighted by Crippen LogP contribution is 1.97. The van der Waals surface area contributed by atoms with Crippen LogP contribution in [0.2, 0.25) is 0 Å². The summed E-state index contributed by atoms with van der Waals surface area (Å²) in [5.41, 5.74) is 0. The van der Waals surface area contributed by atoms with E-state index in [9.17, 15) is 4.79 Å². The molecular weight excluding hydrogens is 100 g/mol. The standard InChI is InChI=1S/C7H13O/c1-3-4-5-6-7(2)8/h2-6H2,1H3/q+1. The number of hydrogen-bond acceptors (Lipinski definition) is 1. The second kappa shape index (κ2) is 4.69. The summed E-state index contributed by atoms with van der Waals surface area (Å²) in [7, 11) is 0. The van der Waals surface area contributed by atoms with E-state index in [4.69, 9.17) is 0 Å². The van der Waals surface area contributed by atoms with Crippen molar-refractivity contribution >= 4 is 5.78 Å². The van der Waals surface area contributed by atoms with Crippen LogP contribution in [0.1, 0.15) is 32.6 Å². The molecule has 0 atom stereocenters. The summed E-state index contributed by atoms with van der Waals surface area (Å²) in [6.45, 7) is 5.39. The van der Waals surface area contributed by atoms with Crippen molar-refractivity contribution in [2.24, 2.45) is 0 Å². The van der Waals surface area contributed by atoms with Crippen molar-refractivity contribution in [2.75, 3.05) is 0 Å². The molecule has 8 heavy (non-hydrogen) atoms. The number of carbonyl (C=O) groups excluding carboxylic acids is 1. The number of unbranched alkanes of at least 4 members (excludes halogenated alkanes) is 2. The van der Waals surface area contributed by atoms with Crippen LogP contribution in [-0.4, -0.2) is 5.78 Å². The second-order valence-corrected chi connectivity index (χ2v) is 2.00. The first kappa shape index (κ1) is 7.54. The molecule has 0 unspecified atom stereocenters. The minimum absolute atomic E-state index is 0.0680. The van der Waals surface area contributed by atoms with Crippen LogP contribution in [0.3, 0.4) is 0 Å². The van der Waals surface area contributed by atoms with Gasteiger partial charge in [0.05, 0.1) is 6.42 Å². The van der Waals surface area contributed by atoms with Gasteiger partial charge in [-0.25, -0.2) is 4.79 Å². The van der Waals surface area contributed by atoms with Crippen LogP contribution in [0.15, 0.2) is 0 Å². The maximum absolute atomic E-state index is 10.2. The number of ketones is 1. The normalized spacial score (nSPS) is 9.12. The molecule has 0 radical (unpaired) electrons. The van der Waals surface area contributed by atoms with E-state index in [2.05, 4.69) is 13.8 Å². The van der Waals surface area contributed by atoms with Gasteiger partial charge in [0.1, 0.15) is 6.92 Å². The third-order valence-electron chi connectivity index (χ3n) is 1.06. The van der Waals surface area contributed by atoms with Crippen molar-refractivity contribution in [1.29, 1.82) is 0 Å². The van der Waals surface area contributed by atoms with Crippen molar-refractivity contribution in [3.05, 3.63) is 6.92 Å². The van der Waals surface area contributed by atoms with E-state index in [1.54, 1.807) is 0 Å². The van der Waals surface area contributed by atoms with Gasteiger partial charge in [0.25, 0.3) is 0 Å². The molecule has 0 heterocycles. The van der Waals surface area contributed by atoms with Gasteiger partial charge in [0.2, 0.25) is 0 Å². The fourth-order valence-electron chi connectivity index (χ4n) is 0.572. The topological polar surface area (TPSA) is 17.1 Å². The first-order chi connectivity index (χ1) is 3.77. The van der Waals surface area contributed by atoms with Crippen molar-refractivity contribution in [3.8, 4) is 0 Å². The van der Waals surface area contributed by atoms with Crippen LogP contribution in [-0.2, 0) is 4.79 Å². The third-order valence-corrected chi connectivity index (χ3v) is 1.06. The summed E-state index contributed by atoms with van der Waals surface area (Å²) >= 11 is 0. The average Bonchev–Trinajstić information content (AvgIpc) is 1.66.